The van der Waals surface area contributed by atoms with Crippen LogP contribution in [-0.2, 0) is 16.2 Å². The van der Waals surface area contributed by atoms with Gasteiger partial charge < -0.3 is 5.73 Å². The second kappa shape index (κ2) is 5.74. The number of hydrogen-bond acceptors (Lipinski definition) is 3. The summed E-state index contributed by atoms with van der Waals surface area (Å²) in [5, 5.41) is 0. The minimum absolute atomic E-state index is 0.117. The zero-order valence-electron chi connectivity index (χ0n) is 7.50. The minimum atomic E-state index is -0.494. The molecule has 76 valence electrons. The van der Waals surface area contributed by atoms with Crippen molar-refractivity contribution in [3.05, 3.63) is 34.3 Å². The molecule has 1 rings (SSSR count). The molecule has 0 saturated carbocycles. The fourth-order valence-corrected chi connectivity index (χ4v) is 1.35. The van der Waals surface area contributed by atoms with Crippen molar-refractivity contribution < 1.29 is 9.63 Å². The number of nitrogens with one attached hydrogen (secondary N) is 1. The summed E-state index contributed by atoms with van der Waals surface area (Å²) in [4.78, 5) is 15.1. The first-order chi connectivity index (χ1) is 6.68. The molecule has 0 bridgehead atoms. The highest BCUT2D eigenvalue weighted by Crippen LogP contribution is 2.11. The van der Waals surface area contributed by atoms with Gasteiger partial charge in [-0.25, -0.2) is 0 Å². The third-order valence-electron chi connectivity index (χ3n) is 1.48. The SMILES string of the molecule is NC(=O)CONCc1cccc(Br)c1. The molecule has 0 heterocycles. The molecule has 0 atom stereocenters. The van der Waals surface area contributed by atoms with Gasteiger partial charge in [0.15, 0.2) is 0 Å². The molecule has 14 heavy (non-hydrogen) atoms. The molecule has 0 fully saturated rings. The van der Waals surface area contributed by atoms with E-state index in [4.69, 9.17) is 10.6 Å². The average Bonchev–Trinajstić information content (AvgIpc) is 2.12. The van der Waals surface area contributed by atoms with Crippen molar-refractivity contribution in [3.63, 3.8) is 0 Å². The summed E-state index contributed by atoms with van der Waals surface area (Å²) in [7, 11) is 0. The Labute approximate surface area is 90.5 Å². The van der Waals surface area contributed by atoms with Crippen molar-refractivity contribution in [2.24, 2.45) is 5.73 Å². The average molecular weight is 259 g/mol. The number of primary amides is 1. The van der Waals surface area contributed by atoms with E-state index in [0.717, 1.165) is 10.0 Å². The fraction of sp³-hybridized carbons (Fsp3) is 0.222. The molecule has 5 heteroatoms. The van der Waals surface area contributed by atoms with Crippen molar-refractivity contribution in [1.29, 1.82) is 0 Å². The van der Waals surface area contributed by atoms with Gasteiger partial charge in [-0.3, -0.25) is 9.63 Å². The number of hydrogen-bond donors (Lipinski definition) is 2. The molecule has 0 unspecified atom stereocenters. The third kappa shape index (κ3) is 4.36. The number of hydroxylamine groups is 1. The van der Waals surface area contributed by atoms with E-state index in [1.54, 1.807) is 0 Å². The van der Waals surface area contributed by atoms with Gasteiger partial charge in [-0.05, 0) is 17.7 Å². The molecule has 0 aliphatic rings. The predicted molar refractivity (Wildman–Crippen MR) is 56.1 cm³/mol. The zero-order chi connectivity index (χ0) is 10.4. The molecule has 0 aliphatic carbocycles. The van der Waals surface area contributed by atoms with Gasteiger partial charge in [-0.15, -0.1) is 0 Å². The van der Waals surface area contributed by atoms with Crippen LogP contribution >= 0.6 is 15.9 Å². The van der Waals surface area contributed by atoms with Gasteiger partial charge in [0, 0.05) is 11.0 Å². The first-order valence-corrected chi connectivity index (χ1v) is 4.85. The van der Waals surface area contributed by atoms with E-state index in [0.29, 0.717) is 6.54 Å². The van der Waals surface area contributed by atoms with Gasteiger partial charge in [-0.1, -0.05) is 28.1 Å². The zero-order valence-corrected chi connectivity index (χ0v) is 9.08. The summed E-state index contributed by atoms with van der Waals surface area (Å²) in [6.07, 6.45) is 0. The second-order valence-electron chi connectivity index (χ2n) is 2.71. The molecule has 1 aromatic carbocycles. The maximum atomic E-state index is 10.3. The summed E-state index contributed by atoms with van der Waals surface area (Å²) in [6, 6.07) is 7.77. The Bertz CT molecular complexity index is 317. The molecule has 3 N–H and O–H groups in total. The van der Waals surface area contributed by atoms with Crippen LogP contribution in [0.2, 0.25) is 0 Å². The standard InChI is InChI=1S/C9H11BrN2O2/c10-8-3-1-2-7(4-8)5-12-14-6-9(11)13/h1-4,12H,5-6H2,(H2,11,13). The third-order valence-corrected chi connectivity index (χ3v) is 1.98. The Kier molecular flexibility index (Phi) is 4.58. The number of carbonyl (C=O) groups excluding carboxylic acids is 1. The second-order valence-corrected chi connectivity index (χ2v) is 3.62. The lowest BCUT2D eigenvalue weighted by atomic mass is 10.2. The van der Waals surface area contributed by atoms with E-state index in [-0.39, 0.29) is 6.61 Å². The van der Waals surface area contributed by atoms with Crippen LogP contribution in [0.3, 0.4) is 0 Å². The van der Waals surface area contributed by atoms with Crippen LogP contribution in [0.15, 0.2) is 28.7 Å². The summed E-state index contributed by atoms with van der Waals surface area (Å²) in [5.74, 6) is -0.494. The fourth-order valence-electron chi connectivity index (χ4n) is 0.903. The number of halogens is 1. The van der Waals surface area contributed by atoms with Crippen LogP contribution in [0.4, 0.5) is 0 Å². The largest absolute Gasteiger partial charge is 0.368 e. The minimum Gasteiger partial charge on any atom is -0.368 e. The van der Waals surface area contributed by atoms with Crippen LogP contribution in [0.1, 0.15) is 5.56 Å². The summed E-state index contributed by atoms with van der Waals surface area (Å²) < 4.78 is 1.01. The number of benzene rings is 1. The van der Waals surface area contributed by atoms with Crippen LogP contribution < -0.4 is 11.2 Å². The topological polar surface area (TPSA) is 64.4 Å². The summed E-state index contributed by atoms with van der Waals surface area (Å²) in [5.41, 5.74) is 8.58. The number of rotatable bonds is 5. The van der Waals surface area contributed by atoms with Crippen molar-refractivity contribution in [3.8, 4) is 0 Å². The van der Waals surface area contributed by atoms with Crippen LogP contribution in [0, 0.1) is 0 Å². The molecule has 0 saturated heterocycles. The highest BCUT2D eigenvalue weighted by Gasteiger charge is 1.95. The first kappa shape index (κ1) is 11.2. The van der Waals surface area contributed by atoms with Gasteiger partial charge >= 0.3 is 0 Å². The normalized spacial score (nSPS) is 10.1. The molecule has 1 aromatic rings. The van der Waals surface area contributed by atoms with E-state index in [2.05, 4.69) is 21.4 Å². The Morgan fingerprint density at radius 2 is 2.36 bits per heavy atom. The molecular formula is C9H11BrN2O2. The predicted octanol–water partition coefficient (Wildman–Crippen LogP) is 0.956. The smallest absolute Gasteiger partial charge is 0.245 e. The molecule has 0 aliphatic heterocycles. The Morgan fingerprint density at radius 3 is 3.00 bits per heavy atom. The highest BCUT2D eigenvalue weighted by atomic mass is 79.9. The van der Waals surface area contributed by atoms with Crippen LogP contribution in [0.5, 0.6) is 0 Å². The van der Waals surface area contributed by atoms with E-state index in [1.807, 2.05) is 24.3 Å². The lowest BCUT2D eigenvalue weighted by molar-refractivity contribution is -0.125. The molecule has 0 aromatic heterocycles. The van der Waals surface area contributed by atoms with Gasteiger partial charge in [0.25, 0.3) is 0 Å². The lowest BCUT2D eigenvalue weighted by Crippen LogP contribution is -2.24. The van der Waals surface area contributed by atoms with Gasteiger partial charge in [0.1, 0.15) is 6.61 Å². The maximum absolute atomic E-state index is 10.3. The van der Waals surface area contributed by atoms with Gasteiger partial charge in [0.2, 0.25) is 5.91 Å². The van der Waals surface area contributed by atoms with Crippen LogP contribution in [-0.4, -0.2) is 12.5 Å². The number of carbonyl (C=O) groups is 1. The van der Waals surface area contributed by atoms with Crippen molar-refractivity contribution in [1.82, 2.24) is 5.48 Å². The Morgan fingerprint density at radius 1 is 1.57 bits per heavy atom. The van der Waals surface area contributed by atoms with Crippen molar-refractivity contribution >= 4 is 21.8 Å². The highest BCUT2D eigenvalue weighted by molar-refractivity contribution is 9.10. The van der Waals surface area contributed by atoms with E-state index < -0.39 is 5.91 Å². The van der Waals surface area contributed by atoms with Crippen molar-refractivity contribution in [2.75, 3.05) is 6.61 Å². The Hall–Kier alpha value is -0.910. The quantitative estimate of drug-likeness (QED) is 0.611. The maximum Gasteiger partial charge on any atom is 0.245 e. The number of nitrogens with two attached hydrogens (primary N) is 1. The van der Waals surface area contributed by atoms with Crippen molar-refractivity contribution in [2.45, 2.75) is 6.54 Å². The summed E-state index contributed by atoms with van der Waals surface area (Å²) >= 11 is 3.35. The number of amides is 1. The summed E-state index contributed by atoms with van der Waals surface area (Å²) in [6.45, 7) is 0.417. The lowest BCUT2D eigenvalue weighted by Gasteiger charge is -2.04. The molecular weight excluding hydrogens is 248 g/mol. The molecule has 0 spiro atoms. The van der Waals surface area contributed by atoms with E-state index in [1.165, 1.54) is 0 Å². The molecule has 4 nitrogen and oxygen atoms in total. The Balaban J connectivity index is 2.28. The van der Waals surface area contributed by atoms with Gasteiger partial charge in [0.05, 0.1) is 0 Å². The first-order valence-electron chi connectivity index (χ1n) is 4.06. The monoisotopic (exact) mass is 258 g/mol. The van der Waals surface area contributed by atoms with E-state index >= 15 is 0 Å². The molecule has 0 radical (unpaired) electrons. The van der Waals surface area contributed by atoms with Gasteiger partial charge in [-0.2, -0.15) is 5.48 Å². The van der Waals surface area contributed by atoms with Crippen LogP contribution in [0.25, 0.3) is 0 Å². The molecule has 1 amide bonds. The van der Waals surface area contributed by atoms with E-state index in [9.17, 15) is 4.79 Å².